The highest BCUT2D eigenvalue weighted by Crippen LogP contribution is 2.24. The lowest BCUT2D eigenvalue weighted by Crippen LogP contribution is -2.44. The smallest absolute Gasteiger partial charge is 0.254 e. The molecule has 0 atom stereocenters. The normalized spacial score (nSPS) is 16.0. The van der Waals surface area contributed by atoms with Crippen LogP contribution in [0.15, 0.2) is 47.9 Å². The van der Waals surface area contributed by atoms with Gasteiger partial charge in [0, 0.05) is 49.5 Å². The van der Waals surface area contributed by atoms with Crippen LogP contribution in [0.5, 0.6) is 0 Å². The van der Waals surface area contributed by atoms with E-state index in [0.717, 1.165) is 37.5 Å². The molecule has 0 spiro atoms. The van der Waals surface area contributed by atoms with E-state index < -0.39 is 0 Å². The fraction of sp³-hybridized carbons (Fsp3) is 0.450. The molecule has 26 heavy (non-hydrogen) atoms. The van der Waals surface area contributed by atoms with Gasteiger partial charge >= 0.3 is 0 Å². The van der Waals surface area contributed by atoms with Crippen LogP contribution in [0, 0.1) is 0 Å². The van der Waals surface area contributed by atoms with Crippen molar-refractivity contribution in [2.24, 2.45) is 0 Å². The number of pyridine rings is 2. The molecule has 0 bridgehead atoms. The zero-order chi connectivity index (χ0) is 18.4. The number of piperidine rings is 1. The number of likely N-dealkylation sites (tertiary alicyclic amines) is 1. The first-order chi connectivity index (χ1) is 12.6. The second-order valence-electron chi connectivity index (χ2n) is 6.90. The minimum atomic E-state index is -0.00571. The Labute approximate surface area is 159 Å². The van der Waals surface area contributed by atoms with Gasteiger partial charge in [-0.25, -0.2) is 4.98 Å². The van der Waals surface area contributed by atoms with Gasteiger partial charge in [0.1, 0.15) is 5.03 Å². The van der Waals surface area contributed by atoms with Crippen LogP contribution in [0.3, 0.4) is 0 Å². The molecule has 0 radical (unpaired) electrons. The summed E-state index contributed by atoms with van der Waals surface area (Å²) in [5.41, 5.74) is 1.97. The van der Waals surface area contributed by atoms with Crippen molar-refractivity contribution < 1.29 is 4.79 Å². The Kier molecular flexibility index (Phi) is 6.63. The predicted octanol–water partition coefficient (Wildman–Crippen LogP) is 3.37. The third-order valence-electron chi connectivity index (χ3n) is 4.44. The second kappa shape index (κ2) is 9.14. The molecule has 5 nitrogen and oxygen atoms in total. The van der Waals surface area contributed by atoms with E-state index >= 15 is 0 Å². The van der Waals surface area contributed by atoms with Crippen LogP contribution in [0.25, 0.3) is 0 Å². The van der Waals surface area contributed by atoms with Gasteiger partial charge in [-0.2, -0.15) is 0 Å². The quantitative estimate of drug-likeness (QED) is 0.790. The fourth-order valence-electron chi connectivity index (χ4n) is 3.13. The highest BCUT2D eigenvalue weighted by molar-refractivity contribution is 7.99. The van der Waals surface area contributed by atoms with Gasteiger partial charge in [0.05, 0.1) is 5.56 Å². The summed E-state index contributed by atoms with van der Waals surface area (Å²) in [5.74, 6) is -0.00571. The van der Waals surface area contributed by atoms with E-state index in [0.29, 0.717) is 10.8 Å². The van der Waals surface area contributed by atoms with Crippen molar-refractivity contribution >= 4 is 17.7 Å². The van der Waals surface area contributed by atoms with Gasteiger partial charge in [0.25, 0.3) is 5.91 Å². The Bertz CT molecular complexity index is 715. The van der Waals surface area contributed by atoms with Gasteiger partial charge in [-0.1, -0.05) is 13.8 Å². The minimum Gasteiger partial charge on any atom is -0.349 e. The molecule has 6 heteroatoms. The average Bonchev–Trinajstić information content (AvgIpc) is 2.64. The van der Waals surface area contributed by atoms with Gasteiger partial charge < -0.3 is 5.32 Å². The van der Waals surface area contributed by atoms with Crippen LogP contribution in [0.1, 0.15) is 42.6 Å². The first kappa shape index (κ1) is 18.9. The number of carbonyl (C=O) groups is 1. The number of hydrogen-bond donors (Lipinski definition) is 1. The number of carbonyl (C=O) groups excluding carboxylic acids is 1. The highest BCUT2D eigenvalue weighted by atomic mass is 32.2. The molecule has 3 heterocycles. The molecular weight excluding hydrogens is 344 g/mol. The summed E-state index contributed by atoms with van der Waals surface area (Å²) < 4.78 is 0. The Morgan fingerprint density at radius 2 is 1.96 bits per heavy atom. The van der Waals surface area contributed by atoms with E-state index in [4.69, 9.17) is 0 Å². The summed E-state index contributed by atoms with van der Waals surface area (Å²) in [6.07, 6.45) is 7.37. The Balaban J connectivity index is 1.52. The van der Waals surface area contributed by atoms with Crippen LogP contribution < -0.4 is 5.32 Å². The highest BCUT2D eigenvalue weighted by Gasteiger charge is 2.22. The molecule has 1 N–H and O–H groups in total. The molecule has 1 aliphatic rings. The van der Waals surface area contributed by atoms with E-state index in [1.165, 1.54) is 5.56 Å². The maximum Gasteiger partial charge on any atom is 0.254 e. The number of hydrogen-bond acceptors (Lipinski definition) is 5. The fourth-order valence-corrected chi connectivity index (χ4v) is 3.98. The number of nitrogens with one attached hydrogen (secondary N) is 1. The minimum absolute atomic E-state index is 0.00571. The molecule has 1 fully saturated rings. The number of nitrogens with zero attached hydrogens (tertiary/aromatic N) is 3. The summed E-state index contributed by atoms with van der Waals surface area (Å²) >= 11 is 1.63. The van der Waals surface area contributed by atoms with Gasteiger partial charge in [-0.05, 0) is 42.7 Å². The van der Waals surface area contributed by atoms with Crippen LogP contribution in [-0.2, 0) is 6.54 Å². The number of amides is 1. The van der Waals surface area contributed by atoms with Gasteiger partial charge in [0.2, 0.25) is 0 Å². The maximum absolute atomic E-state index is 12.7. The van der Waals surface area contributed by atoms with Crippen molar-refractivity contribution in [2.45, 2.75) is 49.6 Å². The van der Waals surface area contributed by atoms with Crippen molar-refractivity contribution in [3.8, 4) is 0 Å². The monoisotopic (exact) mass is 370 g/mol. The molecule has 1 saturated heterocycles. The first-order valence-electron chi connectivity index (χ1n) is 9.15. The van der Waals surface area contributed by atoms with Crippen LogP contribution >= 0.6 is 11.8 Å². The number of aromatic nitrogens is 2. The molecule has 1 aliphatic heterocycles. The number of rotatable bonds is 6. The summed E-state index contributed by atoms with van der Waals surface area (Å²) in [6, 6.07) is 8.05. The zero-order valence-electron chi connectivity index (χ0n) is 15.4. The van der Waals surface area contributed by atoms with Crippen molar-refractivity contribution in [3.05, 3.63) is 54.0 Å². The van der Waals surface area contributed by atoms with E-state index in [9.17, 15) is 4.79 Å². The molecule has 0 aliphatic carbocycles. The molecule has 0 aromatic carbocycles. The van der Waals surface area contributed by atoms with E-state index in [2.05, 4.69) is 46.2 Å². The standard InChI is InChI=1S/C20H26N4OS/c1-15(2)26-20-18(4-3-9-22-20)19(25)23-17-7-12-24(13-8-17)14-16-5-10-21-11-6-16/h3-6,9-11,15,17H,7-8,12-14H2,1-2H3,(H,23,25). The summed E-state index contributed by atoms with van der Waals surface area (Å²) in [6.45, 7) is 7.15. The second-order valence-corrected chi connectivity index (χ2v) is 8.47. The Hall–Kier alpha value is -1.92. The first-order valence-corrected chi connectivity index (χ1v) is 10.0. The van der Waals surface area contributed by atoms with E-state index in [-0.39, 0.29) is 11.9 Å². The third-order valence-corrected chi connectivity index (χ3v) is 5.46. The molecule has 1 amide bonds. The number of thioether (sulfide) groups is 1. The molecule has 2 aromatic heterocycles. The lowest BCUT2D eigenvalue weighted by molar-refractivity contribution is 0.0905. The molecular formula is C20H26N4OS. The lowest BCUT2D eigenvalue weighted by atomic mass is 10.0. The molecule has 0 saturated carbocycles. The topological polar surface area (TPSA) is 58.1 Å². The SMILES string of the molecule is CC(C)Sc1ncccc1C(=O)NC1CCN(Cc2ccncc2)CC1. The van der Waals surface area contributed by atoms with E-state index in [1.54, 1.807) is 18.0 Å². The van der Waals surface area contributed by atoms with Gasteiger partial charge in [-0.3, -0.25) is 14.7 Å². The Morgan fingerprint density at radius 3 is 2.65 bits per heavy atom. The van der Waals surface area contributed by atoms with Crippen LogP contribution in [0.2, 0.25) is 0 Å². The summed E-state index contributed by atoms with van der Waals surface area (Å²) in [5, 5.41) is 4.42. The molecule has 3 rings (SSSR count). The summed E-state index contributed by atoms with van der Waals surface area (Å²) in [7, 11) is 0. The van der Waals surface area contributed by atoms with E-state index in [1.807, 2.05) is 24.5 Å². The predicted molar refractivity (Wildman–Crippen MR) is 105 cm³/mol. The van der Waals surface area contributed by atoms with Crippen molar-refractivity contribution in [1.29, 1.82) is 0 Å². The van der Waals surface area contributed by atoms with Gasteiger partial charge in [0.15, 0.2) is 0 Å². The largest absolute Gasteiger partial charge is 0.349 e. The van der Waals surface area contributed by atoms with Crippen LogP contribution in [0.4, 0.5) is 0 Å². The lowest BCUT2D eigenvalue weighted by Gasteiger charge is -2.32. The Morgan fingerprint density at radius 1 is 1.23 bits per heavy atom. The summed E-state index contributed by atoms with van der Waals surface area (Å²) in [4.78, 5) is 23.6. The third kappa shape index (κ3) is 5.29. The zero-order valence-corrected chi connectivity index (χ0v) is 16.2. The molecule has 138 valence electrons. The van der Waals surface area contributed by atoms with Crippen molar-refractivity contribution in [2.75, 3.05) is 13.1 Å². The average molecular weight is 371 g/mol. The maximum atomic E-state index is 12.7. The van der Waals surface area contributed by atoms with Crippen molar-refractivity contribution in [3.63, 3.8) is 0 Å². The van der Waals surface area contributed by atoms with Gasteiger partial charge in [-0.15, -0.1) is 11.8 Å². The van der Waals surface area contributed by atoms with Crippen LogP contribution in [-0.4, -0.2) is 45.2 Å². The molecule has 2 aromatic rings. The molecule has 0 unspecified atom stereocenters. The van der Waals surface area contributed by atoms with Crippen molar-refractivity contribution in [1.82, 2.24) is 20.2 Å².